The monoisotopic (exact) mass is 293 g/mol. The summed E-state index contributed by atoms with van der Waals surface area (Å²) in [5.74, 6) is -3.12. The number of benzene rings is 1. The molecule has 1 aromatic heterocycles. The van der Waals surface area contributed by atoms with Gasteiger partial charge in [0.15, 0.2) is 0 Å². The number of nitro benzene ring substituents is 1. The average molecular weight is 293 g/mol. The van der Waals surface area contributed by atoms with Crippen molar-refractivity contribution in [1.82, 2.24) is 4.98 Å². The molecule has 0 bridgehead atoms. The molecule has 0 aliphatic carbocycles. The summed E-state index contributed by atoms with van der Waals surface area (Å²) < 4.78 is 26.0. The lowest BCUT2D eigenvalue weighted by molar-refractivity contribution is -0.385. The molecule has 0 saturated carbocycles. The molecule has 0 atom stereocenters. The van der Waals surface area contributed by atoms with Gasteiger partial charge in [0.05, 0.1) is 10.6 Å². The van der Waals surface area contributed by atoms with Crippen molar-refractivity contribution < 1.29 is 18.5 Å². The topological polar surface area (TPSA) is 85.1 Å². The molecule has 8 heteroatoms. The first-order chi connectivity index (χ1) is 9.88. The Labute approximate surface area is 117 Å². The van der Waals surface area contributed by atoms with E-state index in [1.165, 1.54) is 18.2 Å². The third-order valence-corrected chi connectivity index (χ3v) is 2.66. The summed E-state index contributed by atoms with van der Waals surface area (Å²) in [6, 6.07) is 5.82. The molecular formula is C13H9F2N3O3. The van der Waals surface area contributed by atoms with Gasteiger partial charge >= 0.3 is 0 Å². The minimum atomic E-state index is -1.21. The summed E-state index contributed by atoms with van der Waals surface area (Å²) in [6.07, 6.45) is 0. The Morgan fingerprint density at radius 3 is 2.62 bits per heavy atom. The van der Waals surface area contributed by atoms with Crippen LogP contribution in [-0.4, -0.2) is 15.8 Å². The highest BCUT2D eigenvalue weighted by Crippen LogP contribution is 2.22. The largest absolute Gasteiger partial charge is 0.318 e. The van der Waals surface area contributed by atoms with E-state index in [1.807, 2.05) is 0 Å². The zero-order chi connectivity index (χ0) is 15.6. The van der Waals surface area contributed by atoms with Crippen LogP contribution >= 0.6 is 0 Å². The van der Waals surface area contributed by atoms with Crippen molar-refractivity contribution in [3.63, 3.8) is 0 Å². The Morgan fingerprint density at radius 2 is 2.00 bits per heavy atom. The molecule has 1 heterocycles. The van der Waals surface area contributed by atoms with Gasteiger partial charge in [-0.05, 0) is 30.7 Å². The second kappa shape index (κ2) is 5.61. The zero-order valence-electron chi connectivity index (χ0n) is 10.8. The number of pyridine rings is 1. The fraction of sp³-hybridized carbons (Fsp3) is 0.0769. The molecular weight excluding hydrogens is 284 g/mol. The first-order valence-corrected chi connectivity index (χ1v) is 5.77. The van der Waals surface area contributed by atoms with Crippen LogP contribution in [0.15, 0.2) is 30.3 Å². The second-order valence-corrected chi connectivity index (χ2v) is 4.20. The first-order valence-electron chi connectivity index (χ1n) is 5.77. The predicted octanol–water partition coefficient (Wildman–Crippen LogP) is 2.83. The summed E-state index contributed by atoms with van der Waals surface area (Å²) >= 11 is 0. The van der Waals surface area contributed by atoms with Gasteiger partial charge in [0.25, 0.3) is 11.6 Å². The lowest BCUT2D eigenvalue weighted by Gasteiger charge is -2.07. The van der Waals surface area contributed by atoms with E-state index in [0.717, 1.165) is 12.1 Å². The number of nitro groups is 1. The highest BCUT2D eigenvalue weighted by Gasteiger charge is 2.21. The van der Waals surface area contributed by atoms with Crippen LogP contribution < -0.4 is 5.32 Å². The SMILES string of the molecule is Cc1ccc([N+](=O)[O-])c(C(=O)Nc2ccc(F)nc2F)c1. The number of aromatic nitrogens is 1. The van der Waals surface area contributed by atoms with Crippen molar-refractivity contribution in [3.05, 3.63) is 63.5 Å². The van der Waals surface area contributed by atoms with Gasteiger partial charge in [-0.1, -0.05) is 6.07 Å². The minimum Gasteiger partial charge on any atom is -0.318 e. The maximum atomic E-state index is 13.4. The molecule has 0 radical (unpaired) electrons. The Kier molecular flexibility index (Phi) is 3.88. The molecule has 2 rings (SSSR count). The Bertz CT molecular complexity index is 735. The van der Waals surface area contributed by atoms with Crippen molar-refractivity contribution in [2.45, 2.75) is 6.92 Å². The number of amides is 1. The third kappa shape index (κ3) is 3.16. The van der Waals surface area contributed by atoms with Crippen LogP contribution in [0.1, 0.15) is 15.9 Å². The number of aryl methyl sites for hydroxylation is 1. The van der Waals surface area contributed by atoms with Crippen LogP contribution in [0.5, 0.6) is 0 Å². The van der Waals surface area contributed by atoms with Crippen LogP contribution in [0.25, 0.3) is 0 Å². The van der Waals surface area contributed by atoms with Gasteiger partial charge in [-0.3, -0.25) is 14.9 Å². The number of nitrogens with zero attached hydrogens (tertiary/aromatic N) is 2. The van der Waals surface area contributed by atoms with E-state index in [4.69, 9.17) is 0 Å². The Balaban J connectivity index is 2.36. The molecule has 0 aliphatic rings. The molecule has 1 amide bonds. The van der Waals surface area contributed by atoms with E-state index in [0.29, 0.717) is 5.56 Å². The highest BCUT2D eigenvalue weighted by atomic mass is 19.1. The molecule has 0 fully saturated rings. The van der Waals surface area contributed by atoms with Crippen molar-refractivity contribution in [2.75, 3.05) is 5.32 Å². The number of carbonyl (C=O) groups excluding carboxylic acids is 1. The molecule has 6 nitrogen and oxygen atoms in total. The third-order valence-electron chi connectivity index (χ3n) is 2.66. The zero-order valence-corrected chi connectivity index (χ0v) is 10.8. The molecule has 0 spiro atoms. The van der Waals surface area contributed by atoms with Gasteiger partial charge in [0, 0.05) is 6.07 Å². The van der Waals surface area contributed by atoms with Gasteiger partial charge in [-0.25, -0.2) is 0 Å². The molecule has 21 heavy (non-hydrogen) atoms. The molecule has 2 aromatic rings. The van der Waals surface area contributed by atoms with E-state index >= 15 is 0 Å². The summed E-state index contributed by atoms with van der Waals surface area (Å²) in [5, 5.41) is 13.0. The summed E-state index contributed by atoms with van der Waals surface area (Å²) in [4.78, 5) is 25.1. The lowest BCUT2D eigenvalue weighted by Crippen LogP contribution is -2.15. The van der Waals surface area contributed by atoms with Crippen LogP contribution in [0.4, 0.5) is 20.2 Å². The van der Waals surface area contributed by atoms with Crippen LogP contribution in [0.3, 0.4) is 0 Å². The average Bonchev–Trinajstić information content (AvgIpc) is 2.41. The van der Waals surface area contributed by atoms with Crippen LogP contribution in [0, 0.1) is 28.9 Å². The van der Waals surface area contributed by atoms with Gasteiger partial charge in [0.2, 0.25) is 11.9 Å². The number of hydrogen-bond acceptors (Lipinski definition) is 4. The normalized spacial score (nSPS) is 10.2. The molecule has 108 valence electrons. The molecule has 0 unspecified atom stereocenters. The molecule has 0 saturated heterocycles. The van der Waals surface area contributed by atoms with E-state index < -0.39 is 28.4 Å². The number of halogens is 2. The quantitative estimate of drug-likeness (QED) is 0.535. The van der Waals surface area contributed by atoms with Crippen molar-refractivity contribution in [3.8, 4) is 0 Å². The van der Waals surface area contributed by atoms with Crippen molar-refractivity contribution in [2.24, 2.45) is 0 Å². The van der Waals surface area contributed by atoms with E-state index in [-0.39, 0.29) is 11.3 Å². The highest BCUT2D eigenvalue weighted by molar-refractivity contribution is 6.07. The van der Waals surface area contributed by atoms with E-state index in [1.54, 1.807) is 6.92 Å². The Hall–Kier alpha value is -2.90. The second-order valence-electron chi connectivity index (χ2n) is 4.20. The smallest absolute Gasteiger partial charge is 0.282 e. The fourth-order valence-corrected chi connectivity index (χ4v) is 1.69. The van der Waals surface area contributed by atoms with E-state index in [9.17, 15) is 23.7 Å². The maximum Gasteiger partial charge on any atom is 0.282 e. The number of nitrogens with one attached hydrogen (secondary N) is 1. The van der Waals surface area contributed by atoms with Crippen molar-refractivity contribution >= 4 is 17.3 Å². The predicted molar refractivity (Wildman–Crippen MR) is 69.9 cm³/mol. The standard InChI is InChI=1S/C13H9F2N3O3/c1-7-2-4-10(18(20)21)8(6-7)13(19)16-9-3-5-11(14)17-12(9)15/h2-6H,1H3,(H,16,19). The minimum absolute atomic E-state index is 0.219. The van der Waals surface area contributed by atoms with Crippen LogP contribution in [-0.2, 0) is 0 Å². The molecule has 0 aliphatic heterocycles. The lowest BCUT2D eigenvalue weighted by atomic mass is 10.1. The van der Waals surface area contributed by atoms with Gasteiger partial charge in [-0.15, -0.1) is 0 Å². The summed E-state index contributed by atoms with van der Waals surface area (Å²) in [5.41, 5.74) is -0.363. The maximum absolute atomic E-state index is 13.4. The number of carbonyl (C=O) groups is 1. The fourth-order valence-electron chi connectivity index (χ4n) is 1.69. The first kappa shape index (κ1) is 14.5. The summed E-state index contributed by atoms with van der Waals surface area (Å²) in [6.45, 7) is 1.65. The summed E-state index contributed by atoms with van der Waals surface area (Å²) in [7, 11) is 0. The number of hydrogen-bond donors (Lipinski definition) is 1. The van der Waals surface area contributed by atoms with Crippen molar-refractivity contribution in [1.29, 1.82) is 0 Å². The number of rotatable bonds is 3. The molecule has 1 N–H and O–H groups in total. The van der Waals surface area contributed by atoms with Crippen LogP contribution in [0.2, 0.25) is 0 Å². The number of anilines is 1. The van der Waals surface area contributed by atoms with E-state index in [2.05, 4.69) is 10.3 Å². The van der Waals surface area contributed by atoms with Gasteiger partial charge < -0.3 is 5.32 Å². The Morgan fingerprint density at radius 1 is 1.29 bits per heavy atom. The van der Waals surface area contributed by atoms with Gasteiger partial charge in [-0.2, -0.15) is 13.8 Å². The van der Waals surface area contributed by atoms with Gasteiger partial charge in [0.1, 0.15) is 5.56 Å². The molecule has 1 aromatic carbocycles.